The standard InChI is InChI=1S/C16H24N2O4/c1-4-5-6-7-13(3)17-16(19)11-22-14-8-9-15(18(20)21)12(2)10-14/h8-10,13H,4-7,11H2,1-3H3,(H,17,19)/t13-/m0/s1. The van der Waals surface area contributed by atoms with Crippen LogP contribution in [0.5, 0.6) is 5.75 Å². The fraction of sp³-hybridized carbons (Fsp3) is 0.562. The Morgan fingerprint density at radius 3 is 2.73 bits per heavy atom. The summed E-state index contributed by atoms with van der Waals surface area (Å²) in [5, 5.41) is 13.6. The molecule has 122 valence electrons. The minimum atomic E-state index is -0.441. The molecule has 0 aliphatic heterocycles. The van der Waals surface area contributed by atoms with Crippen LogP contribution in [0.1, 0.15) is 45.1 Å². The van der Waals surface area contributed by atoms with Crippen molar-refractivity contribution in [2.75, 3.05) is 6.61 Å². The van der Waals surface area contributed by atoms with Gasteiger partial charge in [-0.15, -0.1) is 0 Å². The predicted molar refractivity (Wildman–Crippen MR) is 85.1 cm³/mol. The summed E-state index contributed by atoms with van der Waals surface area (Å²) in [6, 6.07) is 4.58. The SMILES string of the molecule is CCCCC[C@H](C)NC(=O)COc1ccc([N+](=O)[O-])c(C)c1. The van der Waals surface area contributed by atoms with Crippen LogP contribution in [0.4, 0.5) is 5.69 Å². The van der Waals surface area contributed by atoms with Crippen molar-refractivity contribution in [3.8, 4) is 5.75 Å². The lowest BCUT2D eigenvalue weighted by Crippen LogP contribution is -2.36. The molecule has 0 aliphatic rings. The fourth-order valence-electron chi connectivity index (χ4n) is 2.16. The van der Waals surface area contributed by atoms with E-state index in [-0.39, 0.29) is 24.2 Å². The molecule has 1 N–H and O–H groups in total. The second-order valence-corrected chi connectivity index (χ2v) is 5.46. The number of nitro groups is 1. The fourth-order valence-corrected chi connectivity index (χ4v) is 2.16. The van der Waals surface area contributed by atoms with Gasteiger partial charge in [-0.3, -0.25) is 14.9 Å². The number of rotatable bonds is 9. The number of carbonyl (C=O) groups excluding carboxylic acids is 1. The van der Waals surface area contributed by atoms with E-state index in [9.17, 15) is 14.9 Å². The van der Waals surface area contributed by atoms with E-state index in [0.717, 1.165) is 19.3 Å². The Balaban J connectivity index is 2.41. The zero-order valence-electron chi connectivity index (χ0n) is 13.4. The van der Waals surface area contributed by atoms with Crippen molar-refractivity contribution < 1.29 is 14.5 Å². The summed E-state index contributed by atoms with van der Waals surface area (Å²) in [4.78, 5) is 22.1. The summed E-state index contributed by atoms with van der Waals surface area (Å²) in [6.07, 6.45) is 4.37. The van der Waals surface area contributed by atoms with Gasteiger partial charge in [0.15, 0.2) is 6.61 Å². The number of aryl methyl sites for hydroxylation is 1. The molecule has 0 spiro atoms. The van der Waals surface area contributed by atoms with E-state index in [4.69, 9.17) is 4.74 Å². The average Bonchev–Trinajstić information content (AvgIpc) is 2.45. The van der Waals surface area contributed by atoms with Gasteiger partial charge in [0.05, 0.1) is 4.92 Å². The van der Waals surface area contributed by atoms with Crippen molar-refractivity contribution in [2.24, 2.45) is 0 Å². The van der Waals surface area contributed by atoms with Crippen molar-refractivity contribution in [3.63, 3.8) is 0 Å². The zero-order chi connectivity index (χ0) is 16.5. The van der Waals surface area contributed by atoms with Crippen LogP contribution >= 0.6 is 0 Å². The van der Waals surface area contributed by atoms with Crippen molar-refractivity contribution in [1.29, 1.82) is 0 Å². The zero-order valence-corrected chi connectivity index (χ0v) is 13.4. The second kappa shape index (κ2) is 9.02. The van der Waals surface area contributed by atoms with Gasteiger partial charge in [0, 0.05) is 17.7 Å². The maximum Gasteiger partial charge on any atom is 0.272 e. The minimum Gasteiger partial charge on any atom is -0.484 e. The quantitative estimate of drug-likeness (QED) is 0.431. The highest BCUT2D eigenvalue weighted by molar-refractivity contribution is 5.77. The van der Waals surface area contributed by atoms with E-state index in [1.807, 2.05) is 6.92 Å². The largest absolute Gasteiger partial charge is 0.484 e. The van der Waals surface area contributed by atoms with Crippen LogP contribution in [0.15, 0.2) is 18.2 Å². The number of amides is 1. The van der Waals surface area contributed by atoms with Gasteiger partial charge in [-0.2, -0.15) is 0 Å². The van der Waals surface area contributed by atoms with Crippen LogP contribution in [-0.2, 0) is 4.79 Å². The van der Waals surface area contributed by atoms with E-state index >= 15 is 0 Å². The molecule has 0 fully saturated rings. The van der Waals surface area contributed by atoms with Crippen molar-refractivity contribution >= 4 is 11.6 Å². The van der Waals surface area contributed by atoms with Crippen LogP contribution in [-0.4, -0.2) is 23.5 Å². The van der Waals surface area contributed by atoms with Gasteiger partial charge in [-0.1, -0.05) is 26.2 Å². The molecule has 0 bridgehead atoms. The second-order valence-electron chi connectivity index (χ2n) is 5.46. The van der Waals surface area contributed by atoms with E-state index in [1.165, 1.54) is 18.6 Å². The van der Waals surface area contributed by atoms with Gasteiger partial charge in [0.2, 0.25) is 0 Å². The summed E-state index contributed by atoms with van der Waals surface area (Å²) in [5.41, 5.74) is 0.553. The highest BCUT2D eigenvalue weighted by Crippen LogP contribution is 2.22. The number of nitro benzene ring substituents is 1. The Morgan fingerprint density at radius 1 is 1.41 bits per heavy atom. The molecule has 1 atom stereocenters. The number of nitrogens with one attached hydrogen (secondary N) is 1. The Kier molecular flexibility index (Phi) is 7.36. The molecule has 22 heavy (non-hydrogen) atoms. The predicted octanol–water partition coefficient (Wildman–Crippen LogP) is 3.37. The lowest BCUT2D eigenvalue weighted by Gasteiger charge is -2.14. The lowest BCUT2D eigenvalue weighted by molar-refractivity contribution is -0.385. The number of unbranched alkanes of at least 4 members (excludes halogenated alkanes) is 2. The maximum atomic E-state index is 11.8. The van der Waals surface area contributed by atoms with Gasteiger partial charge < -0.3 is 10.1 Å². The average molecular weight is 308 g/mol. The Bertz CT molecular complexity index is 517. The third-order valence-electron chi connectivity index (χ3n) is 3.38. The van der Waals surface area contributed by atoms with Gasteiger partial charge in [0.1, 0.15) is 5.75 Å². The van der Waals surface area contributed by atoms with Crippen LogP contribution in [0, 0.1) is 17.0 Å². The van der Waals surface area contributed by atoms with Gasteiger partial charge in [0.25, 0.3) is 11.6 Å². The summed E-state index contributed by atoms with van der Waals surface area (Å²) in [6.45, 7) is 5.67. The molecule has 0 saturated carbocycles. The first-order chi connectivity index (χ1) is 10.4. The molecular weight excluding hydrogens is 284 g/mol. The van der Waals surface area contributed by atoms with Crippen LogP contribution in [0.2, 0.25) is 0 Å². The number of carbonyl (C=O) groups is 1. The molecule has 0 aliphatic carbocycles. The van der Waals surface area contributed by atoms with Crippen LogP contribution < -0.4 is 10.1 Å². The summed E-state index contributed by atoms with van der Waals surface area (Å²) in [5.74, 6) is 0.275. The van der Waals surface area contributed by atoms with E-state index in [2.05, 4.69) is 12.2 Å². The summed E-state index contributed by atoms with van der Waals surface area (Å²) in [7, 11) is 0. The monoisotopic (exact) mass is 308 g/mol. The number of hydrogen-bond donors (Lipinski definition) is 1. The number of ether oxygens (including phenoxy) is 1. The molecule has 0 unspecified atom stereocenters. The normalized spacial score (nSPS) is 11.8. The first-order valence-corrected chi connectivity index (χ1v) is 7.61. The van der Waals surface area contributed by atoms with Crippen LogP contribution in [0.3, 0.4) is 0 Å². The summed E-state index contributed by atoms with van der Waals surface area (Å²) >= 11 is 0. The van der Waals surface area contributed by atoms with Crippen molar-refractivity contribution in [1.82, 2.24) is 5.32 Å². The Hall–Kier alpha value is -2.11. The first-order valence-electron chi connectivity index (χ1n) is 7.61. The molecule has 1 rings (SSSR count). The highest BCUT2D eigenvalue weighted by Gasteiger charge is 2.12. The molecular formula is C16H24N2O4. The number of nitrogens with zero attached hydrogens (tertiary/aromatic N) is 1. The smallest absolute Gasteiger partial charge is 0.272 e. The third kappa shape index (κ3) is 6.11. The molecule has 1 amide bonds. The van der Waals surface area contributed by atoms with E-state index < -0.39 is 4.92 Å². The third-order valence-corrected chi connectivity index (χ3v) is 3.38. The van der Waals surface area contributed by atoms with Gasteiger partial charge in [-0.25, -0.2) is 0 Å². The Labute approximate surface area is 131 Å². The lowest BCUT2D eigenvalue weighted by atomic mass is 10.1. The van der Waals surface area contributed by atoms with Crippen molar-refractivity contribution in [2.45, 2.75) is 52.5 Å². The molecule has 0 saturated heterocycles. The minimum absolute atomic E-state index is 0.0429. The van der Waals surface area contributed by atoms with Gasteiger partial charge in [-0.05, 0) is 32.4 Å². The van der Waals surface area contributed by atoms with Crippen molar-refractivity contribution in [3.05, 3.63) is 33.9 Å². The molecule has 1 aromatic rings. The van der Waals surface area contributed by atoms with E-state index in [0.29, 0.717) is 11.3 Å². The van der Waals surface area contributed by atoms with Crippen LogP contribution in [0.25, 0.3) is 0 Å². The van der Waals surface area contributed by atoms with Gasteiger partial charge >= 0.3 is 0 Å². The molecule has 1 aromatic carbocycles. The molecule has 6 heteroatoms. The van der Waals surface area contributed by atoms with E-state index in [1.54, 1.807) is 13.0 Å². The first kappa shape index (κ1) is 17.9. The molecule has 0 heterocycles. The summed E-state index contributed by atoms with van der Waals surface area (Å²) < 4.78 is 5.38. The number of benzene rings is 1. The molecule has 0 aromatic heterocycles. The maximum absolute atomic E-state index is 11.8. The Morgan fingerprint density at radius 2 is 2.14 bits per heavy atom. The molecule has 6 nitrogen and oxygen atoms in total. The highest BCUT2D eigenvalue weighted by atomic mass is 16.6. The molecule has 0 radical (unpaired) electrons. The topological polar surface area (TPSA) is 81.5 Å². The number of hydrogen-bond acceptors (Lipinski definition) is 4.